The monoisotopic (exact) mass is 296 g/mol. The lowest BCUT2D eigenvalue weighted by atomic mass is 10.1. The number of ether oxygens (including phenoxy) is 1. The van der Waals surface area contributed by atoms with Crippen molar-refractivity contribution in [1.29, 1.82) is 0 Å². The molecular formula is C13H13ClN2O2S. The third kappa shape index (κ3) is 3.94. The fourth-order valence-electron chi connectivity index (χ4n) is 1.52. The Morgan fingerprint density at radius 3 is 2.84 bits per heavy atom. The van der Waals surface area contributed by atoms with Gasteiger partial charge in [0.1, 0.15) is 0 Å². The van der Waals surface area contributed by atoms with E-state index in [1.807, 2.05) is 24.3 Å². The van der Waals surface area contributed by atoms with E-state index >= 15 is 0 Å². The number of halogens is 1. The van der Waals surface area contributed by atoms with Gasteiger partial charge in [0.15, 0.2) is 10.8 Å². The van der Waals surface area contributed by atoms with Crippen molar-refractivity contribution in [2.75, 3.05) is 19.0 Å². The van der Waals surface area contributed by atoms with Crippen LogP contribution in [-0.4, -0.2) is 24.6 Å². The number of hydrogen-bond donors (Lipinski definition) is 1. The fourth-order valence-corrected chi connectivity index (χ4v) is 2.35. The Bertz CT molecular complexity index is 554. The van der Waals surface area contributed by atoms with Crippen molar-refractivity contribution in [3.05, 3.63) is 45.9 Å². The Morgan fingerprint density at radius 2 is 2.16 bits per heavy atom. The van der Waals surface area contributed by atoms with Crippen molar-refractivity contribution in [1.82, 2.24) is 4.98 Å². The molecule has 0 saturated carbocycles. The Hall–Kier alpha value is -1.59. The van der Waals surface area contributed by atoms with Crippen LogP contribution in [0.5, 0.6) is 0 Å². The van der Waals surface area contributed by atoms with E-state index in [-0.39, 0.29) is 0 Å². The van der Waals surface area contributed by atoms with Crippen molar-refractivity contribution in [3.8, 4) is 0 Å². The smallest absolute Gasteiger partial charge is 0.357 e. The quantitative estimate of drug-likeness (QED) is 0.861. The number of rotatable bonds is 5. The van der Waals surface area contributed by atoms with Gasteiger partial charge in [-0.05, 0) is 24.1 Å². The molecule has 1 aromatic carbocycles. The van der Waals surface area contributed by atoms with E-state index in [2.05, 4.69) is 15.0 Å². The Kier molecular flexibility index (Phi) is 4.76. The van der Waals surface area contributed by atoms with Crippen LogP contribution in [0.4, 0.5) is 5.13 Å². The van der Waals surface area contributed by atoms with Gasteiger partial charge < -0.3 is 10.1 Å². The van der Waals surface area contributed by atoms with Crippen molar-refractivity contribution in [3.63, 3.8) is 0 Å². The lowest BCUT2D eigenvalue weighted by Crippen LogP contribution is -2.06. The predicted molar refractivity (Wildman–Crippen MR) is 77.1 cm³/mol. The first kappa shape index (κ1) is 13.8. The van der Waals surface area contributed by atoms with Crippen molar-refractivity contribution in [2.24, 2.45) is 0 Å². The highest BCUT2D eigenvalue weighted by molar-refractivity contribution is 7.13. The molecule has 0 unspecified atom stereocenters. The molecule has 4 nitrogen and oxygen atoms in total. The van der Waals surface area contributed by atoms with Gasteiger partial charge in [-0.25, -0.2) is 9.78 Å². The SMILES string of the molecule is COC(=O)c1csc(NCCc2ccc(Cl)cc2)n1. The zero-order valence-corrected chi connectivity index (χ0v) is 11.9. The molecule has 1 N–H and O–H groups in total. The second kappa shape index (κ2) is 6.54. The van der Waals surface area contributed by atoms with E-state index in [4.69, 9.17) is 11.6 Å². The van der Waals surface area contributed by atoms with Crippen LogP contribution in [0.25, 0.3) is 0 Å². The molecule has 0 aliphatic heterocycles. The minimum absolute atomic E-state index is 0.335. The van der Waals surface area contributed by atoms with Gasteiger partial charge in [0.25, 0.3) is 0 Å². The van der Waals surface area contributed by atoms with E-state index in [1.165, 1.54) is 24.0 Å². The number of esters is 1. The zero-order chi connectivity index (χ0) is 13.7. The summed E-state index contributed by atoms with van der Waals surface area (Å²) in [5.41, 5.74) is 1.53. The Balaban J connectivity index is 1.84. The zero-order valence-electron chi connectivity index (χ0n) is 10.4. The third-order valence-electron chi connectivity index (χ3n) is 2.50. The summed E-state index contributed by atoms with van der Waals surface area (Å²) in [5.74, 6) is -0.415. The van der Waals surface area contributed by atoms with E-state index in [0.29, 0.717) is 5.69 Å². The van der Waals surface area contributed by atoms with Gasteiger partial charge in [0.2, 0.25) is 0 Å². The van der Waals surface area contributed by atoms with Crippen molar-refractivity contribution < 1.29 is 9.53 Å². The third-order valence-corrected chi connectivity index (χ3v) is 3.55. The number of methoxy groups -OCH3 is 1. The average molecular weight is 297 g/mol. The van der Waals surface area contributed by atoms with Gasteiger partial charge in [-0.1, -0.05) is 23.7 Å². The summed E-state index contributed by atoms with van der Waals surface area (Å²) < 4.78 is 4.60. The normalized spacial score (nSPS) is 10.2. The molecule has 6 heteroatoms. The van der Waals surface area contributed by atoms with Gasteiger partial charge >= 0.3 is 5.97 Å². The summed E-state index contributed by atoms with van der Waals surface area (Å²) in [4.78, 5) is 15.4. The number of hydrogen-bond acceptors (Lipinski definition) is 5. The molecule has 0 spiro atoms. The standard InChI is InChI=1S/C13H13ClN2O2S/c1-18-12(17)11-8-19-13(16-11)15-7-6-9-2-4-10(14)5-3-9/h2-5,8H,6-7H2,1H3,(H,15,16). The van der Waals surface area contributed by atoms with E-state index in [1.54, 1.807) is 5.38 Å². The number of carbonyl (C=O) groups is 1. The molecule has 100 valence electrons. The molecule has 0 bridgehead atoms. The molecule has 1 heterocycles. The maximum atomic E-state index is 11.2. The number of nitrogens with zero attached hydrogens (tertiary/aromatic N) is 1. The van der Waals surface area contributed by atoms with Crippen molar-refractivity contribution >= 4 is 34.0 Å². The topological polar surface area (TPSA) is 51.2 Å². The minimum atomic E-state index is -0.415. The van der Waals surface area contributed by atoms with Crippen LogP contribution in [0, 0.1) is 0 Å². The molecule has 0 amide bonds. The molecule has 0 aliphatic carbocycles. The van der Waals surface area contributed by atoms with Gasteiger partial charge in [-0.3, -0.25) is 0 Å². The molecule has 0 atom stereocenters. The summed E-state index contributed by atoms with van der Waals surface area (Å²) in [6, 6.07) is 7.72. The lowest BCUT2D eigenvalue weighted by Gasteiger charge is -2.03. The highest BCUT2D eigenvalue weighted by Crippen LogP contribution is 2.16. The maximum Gasteiger partial charge on any atom is 0.357 e. The first-order chi connectivity index (χ1) is 9.19. The first-order valence-corrected chi connectivity index (χ1v) is 6.97. The summed E-state index contributed by atoms with van der Waals surface area (Å²) in [6.45, 7) is 0.746. The predicted octanol–water partition coefficient (Wildman–Crippen LogP) is 3.24. The van der Waals surface area contributed by atoms with Gasteiger partial charge in [0.05, 0.1) is 7.11 Å². The number of benzene rings is 1. The van der Waals surface area contributed by atoms with Crippen LogP contribution >= 0.6 is 22.9 Å². The van der Waals surface area contributed by atoms with E-state index in [9.17, 15) is 4.79 Å². The van der Waals surface area contributed by atoms with Crippen LogP contribution in [-0.2, 0) is 11.2 Å². The maximum absolute atomic E-state index is 11.2. The van der Waals surface area contributed by atoms with Crippen LogP contribution in [0.2, 0.25) is 5.02 Å². The second-order valence-electron chi connectivity index (χ2n) is 3.83. The number of nitrogens with one attached hydrogen (secondary N) is 1. The average Bonchev–Trinajstić information content (AvgIpc) is 2.89. The van der Waals surface area contributed by atoms with Crippen LogP contribution < -0.4 is 5.32 Å². The van der Waals surface area contributed by atoms with Crippen molar-refractivity contribution in [2.45, 2.75) is 6.42 Å². The Labute approximate surface area is 120 Å². The summed E-state index contributed by atoms with van der Waals surface area (Å²) in [5, 5.41) is 6.30. The summed E-state index contributed by atoms with van der Waals surface area (Å²) >= 11 is 7.21. The lowest BCUT2D eigenvalue weighted by molar-refractivity contribution is 0.0595. The van der Waals surface area contributed by atoms with Crippen LogP contribution in [0.15, 0.2) is 29.6 Å². The second-order valence-corrected chi connectivity index (χ2v) is 5.13. The highest BCUT2D eigenvalue weighted by atomic mass is 35.5. The van der Waals surface area contributed by atoms with E-state index in [0.717, 1.165) is 23.1 Å². The largest absolute Gasteiger partial charge is 0.464 e. The van der Waals surface area contributed by atoms with Crippen LogP contribution in [0.1, 0.15) is 16.1 Å². The molecule has 0 fully saturated rings. The van der Waals surface area contributed by atoms with Crippen LogP contribution in [0.3, 0.4) is 0 Å². The highest BCUT2D eigenvalue weighted by Gasteiger charge is 2.09. The van der Waals surface area contributed by atoms with Gasteiger partial charge in [0, 0.05) is 16.9 Å². The number of aromatic nitrogens is 1. The van der Waals surface area contributed by atoms with Gasteiger partial charge in [-0.15, -0.1) is 11.3 Å². The van der Waals surface area contributed by atoms with E-state index < -0.39 is 5.97 Å². The molecule has 19 heavy (non-hydrogen) atoms. The molecule has 1 aromatic heterocycles. The van der Waals surface area contributed by atoms with Gasteiger partial charge in [-0.2, -0.15) is 0 Å². The number of anilines is 1. The number of carbonyl (C=O) groups excluding carboxylic acids is 1. The minimum Gasteiger partial charge on any atom is -0.464 e. The molecule has 0 aliphatic rings. The molecular weight excluding hydrogens is 284 g/mol. The number of thiazole rings is 1. The first-order valence-electron chi connectivity index (χ1n) is 5.71. The molecule has 2 rings (SSSR count). The summed E-state index contributed by atoms with van der Waals surface area (Å²) in [6.07, 6.45) is 0.865. The molecule has 2 aromatic rings. The fraction of sp³-hybridized carbons (Fsp3) is 0.231. The molecule has 0 radical (unpaired) electrons. The summed E-state index contributed by atoms with van der Waals surface area (Å²) in [7, 11) is 1.34. The Morgan fingerprint density at radius 1 is 1.42 bits per heavy atom. The molecule has 0 saturated heterocycles.